The van der Waals surface area contributed by atoms with E-state index in [1.165, 1.54) is 24.3 Å². The van der Waals surface area contributed by atoms with Crippen LogP contribution >= 0.6 is 11.6 Å². The van der Waals surface area contributed by atoms with E-state index in [2.05, 4.69) is 6.58 Å². The zero-order valence-electron chi connectivity index (χ0n) is 6.27. The van der Waals surface area contributed by atoms with E-state index in [9.17, 15) is 4.39 Å². The molecule has 0 fully saturated rings. The molecule has 3 heteroatoms. The van der Waals surface area contributed by atoms with Gasteiger partial charge in [-0.05, 0) is 24.3 Å². The van der Waals surface area contributed by atoms with Crippen LogP contribution in [0.25, 0.3) is 0 Å². The lowest BCUT2D eigenvalue weighted by Gasteiger charge is -1.99. The van der Waals surface area contributed by atoms with E-state index in [0.29, 0.717) is 5.56 Å². The second-order valence-corrected chi connectivity index (χ2v) is 2.74. The van der Waals surface area contributed by atoms with Gasteiger partial charge in [0.25, 0.3) is 0 Å². The summed E-state index contributed by atoms with van der Waals surface area (Å²) in [5.74, 6) is -0.327. The largest absolute Gasteiger partial charge is 0.299 e. The van der Waals surface area contributed by atoms with Crippen molar-refractivity contribution in [1.29, 1.82) is 5.41 Å². The zero-order valence-corrected chi connectivity index (χ0v) is 7.03. The minimum atomic E-state index is -0.327. The molecule has 1 rings (SSSR count). The number of hydrogen-bond donors (Lipinski definition) is 1. The van der Waals surface area contributed by atoms with E-state index >= 15 is 0 Å². The molecule has 0 aliphatic heterocycles. The average Bonchev–Trinajstić information content (AvgIpc) is 2.04. The average molecular weight is 184 g/mol. The Bertz CT molecular complexity index is 316. The van der Waals surface area contributed by atoms with E-state index < -0.39 is 0 Å². The molecule has 1 aromatic rings. The molecule has 1 aromatic carbocycles. The summed E-state index contributed by atoms with van der Waals surface area (Å²) >= 11 is 5.49. The SMILES string of the molecule is C=C(Cl)C(=N)c1ccc(F)cc1. The Balaban J connectivity index is 2.98. The molecule has 0 unspecified atom stereocenters. The molecule has 12 heavy (non-hydrogen) atoms. The van der Waals surface area contributed by atoms with Gasteiger partial charge >= 0.3 is 0 Å². The molecular weight excluding hydrogens is 177 g/mol. The molecule has 0 saturated heterocycles. The van der Waals surface area contributed by atoms with Crippen molar-refractivity contribution in [3.63, 3.8) is 0 Å². The smallest absolute Gasteiger partial charge is 0.123 e. The van der Waals surface area contributed by atoms with Crippen LogP contribution in [-0.2, 0) is 0 Å². The maximum absolute atomic E-state index is 12.4. The molecule has 0 aliphatic carbocycles. The first-order chi connectivity index (χ1) is 5.61. The second kappa shape index (κ2) is 3.50. The summed E-state index contributed by atoms with van der Waals surface area (Å²) in [4.78, 5) is 0. The van der Waals surface area contributed by atoms with Crippen LogP contribution in [0.4, 0.5) is 4.39 Å². The fraction of sp³-hybridized carbons (Fsp3) is 0. The minimum Gasteiger partial charge on any atom is -0.299 e. The molecule has 0 aromatic heterocycles. The minimum absolute atomic E-state index is 0.122. The van der Waals surface area contributed by atoms with Crippen LogP contribution in [0.2, 0.25) is 0 Å². The highest BCUT2D eigenvalue weighted by Crippen LogP contribution is 2.10. The molecule has 0 bridgehead atoms. The fourth-order valence-electron chi connectivity index (χ4n) is 0.773. The summed E-state index contributed by atoms with van der Waals surface area (Å²) in [5, 5.41) is 7.56. The standard InChI is InChI=1S/C9H7ClFN/c1-6(10)9(12)7-2-4-8(11)5-3-7/h2-5,12H,1H2. The van der Waals surface area contributed by atoms with Crippen molar-refractivity contribution >= 4 is 17.3 Å². The van der Waals surface area contributed by atoms with Gasteiger partial charge < -0.3 is 0 Å². The molecule has 0 aliphatic rings. The van der Waals surface area contributed by atoms with Crippen LogP contribution in [0, 0.1) is 11.2 Å². The van der Waals surface area contributed by atoms with Gasteiger partial charge in [0.15, 0.2) is 0 Å². The molecular formula is C9H7ClFN. The van der Waals surface area contributed by atoms with Crippen LogP contribution in [0.3, 0.4) is 0 Å². The first kappa shape index (κ1) is 8.94. The highest BCUT2D eigenvalue weighted by molar-refractivity contribution is 6.45. The van der Waals surface area contributed by atoms with Crippen LogP contribution in [-0.4, -0.2) is 5.71 Å². The molecule has 1 N–H and O–H groups in total. The van der Waals surface area contributed by atoms with Crippen molar-refractivity contribution in [1.82, 2.24) is 0 Å². The summed E-state index contributed by atoms with van der Waals surface area (Å²) in [7, 11) is 0. The summed E-state index contributed by atoms with van der Waals surface area (Å²) in [5.41, 5.74) is 0.688. The molecule has 0 radical (unpaired) electrons. The molecule has 0 amide bonds. The molecule has 1 nitrogen and oxygen atoms in total. The Morgan fingerprint density at radius 2 is 1.83 bits per heavy atom. The van der Waals surface area contributed by atoms with Gasteiger partial charge in [0, 0.05) is 5.56 Å². The van der Waals surface area contributed by atoms with Gasteiger partial charge in [-0.2, -0.15) is 0 Å². The van der Waals surface area contributed by atoms with Crippen molar-refractivity contribution in [2.45, 2.75) is 0 Å². The summed E-state index contributed by atoms with van der Waals surface area (Å²) < 4.78 is 12.4. The van der Waals surface area contributed by atoms with Crippen molar-refractivity contribution in [2.24, 2.45) is 0 Å². The van der Waals surface area contributed by atoms with Crippen molar-refractivity contribution in [3.05, 3.63) is 47.3 Å². The molecule has 62 valence electrons. The van der Waals surface area contributed by atoms with Crippen LogP contribution in [0.1, 0.15) is 5.56 Å². The third-order valence-corrected chi connectivity index (χ3v) is 1.59. The molecule has 0 saturated carbocycles. The van der Waals surface area contributed by atoms with Gasteiger partial charge in [-0.3, -0.25) is 5.41 Å². The number of halogens is 2. The number of allylic oxidation sites excluding steroid dienone is 1. The zero-order chi connectivity index (χ0) is 9.14. The Labute approximate surface area is 75.0 Å². The van der Waals surface area contributed by atoms with E-state index in [4.69, 9.17) is 17.0 Å². The first-order valence-corrected chi connectivity index (χ1v) is 3.68. The number of nitrogens with one attached hydrogen (secondary N) is 1. The summed E-state index contributed by atoms with van der Waals surface area (Å²) in [6.07, 6.45) is 0. The molecule has 0 atom stereocenters. The second-order valence-electron chi connectivity index (χ2n) is 2.29. The predicted molar refractivity (Wildman–Crippen MR) is 48.2 cm³/mol. The monoisotopic (exact) mass is 183 g/mol. The van der Waals surface area contributed by atoms with Gasteiger partial charge in [0.05, 0.1) is 10.7 Å². The molecule has 0 spiro atoms. The summed E-state index contributed by atoms with van der Waals surface area (Å²) in [6.45, 7) is 3.40. The lowest BCUT2D eigenvalue weighted by Crippen LogP contribution is -1.97. The maximum Gasteiger partial charge on any atom is 0.123 e. The number of hydrogen-bond acceptors (Lipinski definition) is 1. The quantitative estimate of drug-likeness (QED) is 0.682. The molecule has 0 heterocycles. The number of rotatable bonds is 2. The van der Waals surface area contributed by atoms with Gasteiger partial charge in [-0.1, -0.05) is 18.2 Å². The topological polar surface area (TPSA) is 23.9 Å². The van der Waals surface area contributed by atoms with Gasteiger partial charge in [-0.25, -0.2) is 4.39 Å². The van der Waals surface area contributed by atoms with Gasteiger partial charge in [0.2, 0.25) is 0 Å². The first-order valence-electron chi connectivity index (χ1n) is 3.30. The summed E-state index contributed by atoms with van der Waals surface area (Å²) in [6, 6.07) is 5.55. The van der Waals surface area contributed by atoms with Crippen LogP contribution in [0.5, 0.6) is 0 Å². The third-order valence-electron chi connectivity index (χ3n) is 1.40. The van der Waals surface area contributed by atoms with Crippen molar-refractivity contribution < 1.29 is 4.39 Å². The van der Waals surface area contributed by atoms with Gasteiger partial charge in [-0.15, -0.1) is 0 Å². The highest BCUT2D eigenvalue weighted by Gasteiger charge is 2.02. The van der Waals surface area contributed by atoms with E-state index in [0.717, 1.165) is 0 Å². The van der Waals surface area contributed by atoms with E-state index in [-0.39, 0.29) is 16.6 Å². The van der Waals surface area contributed by atoms with Crippen molar-refractivity contribution in [2.75, 3.05) is 0 Å². The maximum atomic E-state index is 12.4. The number of benzene rings is 1. The normalized spacial score (nSPS) is 9.50. The Morgan fingerprint density at radius 3 is 2.25 bits per heavy atom. The predicted octanol–water partition coefficient (Wildman–Crippen LogP) is 2.95. The van der Waals surface area contributed by atoms with E-state index in [1.807, 2.05) is 0 Å². The van der Waals surface area contributed by atoms with Gasteiger partial charge in [0.1, 0.15) is 5.82 Å². The lowest BCUT2D eigenvalue weighted by molar-refractivity contribution is 0.628. The Hall–Kier alpha value is -1.15. The van der Waals surface area contributed by atoms with Crippen LogP contribution < -0.4 is 0 Å². The lowest BCUT2D eigenvalue weighted by atomic mass is 10.1. The Kier molecular flexibility index (Phi) is 2.61. The fourth-order valence-corrected chi connectivity index (χ4v) is 0.882. The van der Waals surface area contributed by atoms with E-state index in [1.54, 1.807) is 0 Å². The van der Waals surface area contributed by atoms with Crippen molar-refractivity contribution in [3.8, 4) is 0 Å². The Morgan fingerprint density at radius 1 is 1.33 bits per heavy atom. The van der Waals surface area contributed by atoms with Crippen LogP contribution in [0.15, 0.2) is 35.9 Å². The third kappa shape index (κ3) is 1.92. The highest BCUT2D eigenvalue weighted by atomic mass is 35.5.